The monoisotopic (exact) mass is 527 g/mol. The molecule has 0 bridgehead atoms. The zero-order chi connectivity index (χ0) is 27.5. The van der Waals surface area contributed by atoms with Crippen LogP contribution in [0.5, 0.6) is 0 Å². The molecule has 1 aliphatic rings. The van der Waals surface area contributed by atoms with Gasteiger partial charge in [0, 0.05) is 36.2 Å². The Morgan fingerprint density at radius 2 is 1.90 bits per heavy atom. The lowest BCUT2D eigenvalue weighted by molar-refractivity contribution is -0.116. The summed E-state index contributed by atoms with van der Waals surface area (Å²) in [4.78, 5) is 47.2. The van der Waals surface area contributed by atoms with E-state index in [2.05, 4.69) is 15.6 Å². The maximum Gasteiger partial charge on any atom is 0.263 e. The van der Waals surface area contributed by atoms with Crippen molar-refractivity contribution in [2.75, 3.05) is 11.9 Å². The number of fused-ring (bicyclic) bond motifs is 2. The van der Waals surface area contributed by atoms with E-state index in [1.54, 1.807) is 36.8 Å². The highest BCUT2D eigenvalue weighted by Crippen LogP contribution is 2.37. The standard InChI is InChI=1S/C32H25N5O3/c38-30(25-9-5-17-37(32(25)40)20-22-7-3-15-33-19-22)34-16-4-6-21-11-13-24-28(18-21)36-31(39)29(24)27-14-12-23-8-1-2-10-26(23)35-27/h1-15,17-19,29H,16,20H2,(H,34,38)(H,36,39). The van der Waals surface area contributed by atoms with E-state index < -0.39 is 11.8 Å². The first-order valence-electron chi connectivity index (χ1n) is 12.9. The summed E-state index contributed by atoms with van der Waals surface area (Å²) in [6.07, 6.45) is 8.67. The lowest BCUT2D eigenvalue weighted by Gasteiger charge is -2.10. The number of benzene rings is 2. The summed E-state index contributed by atoms with van der Waals surface area (Å²) in [5.74, 6) is -1.02. The maximum absolute atomic E-state index is 12.9. The van der Waals surface area contributed by atoms with E-state index >= 15 is 0 Å². The van der Waals surface area contributed by atoms with Crippen molar-refractivity contribution in [2.45, 2.75) is 12.5 Å². The van der Waals surface area contributed by atoms with E-state index in [9.17, 15) is 14.4 Å². The summed E-state index contributed by atoms with van der Waals surface area (Å²) in [5.41, 5.74) is 4.65. The van der Waals surface area contributed by atoms with E-state index in [0.717, 1.165) is 33.3 Å². The van der Waals surface area contributed by atoms with Crippen LogP contribution in [-0.2, 0) is 11.3 Å². The number of carbonyl (C=O) groups is 2. The van der Waals surface area contributed by atoms with Gasteiger partial charge in [-0.1, -0.05) is 54.6 Å². The summed E-state index contributed by atoms with van der Waals surface area (Å²) >= 11 is 0. The van der Waals surface area contributed by atoms with Crippen molar-refractivity contribution in [3.63, 3.8) is 0 Å². The van der Waals surface area contributed by atoms with Crippen molar-refractivity contribution in [2.24, 2.45) is 0 Å². The Kier molecular flexibility index (Phi) is 6.72. The van der Waals surface area contributed by atoms with Crippen LogP contribution < -0.4 is 16.2 Å². The molecule has 0 saturated heterocycles. The van der Waals surface area contributed by atoms with E-state index in [-0.39, 0.29) is 23.6 Å². The second-order valence-electron chi connectivity index (χ2n) is 9.53. The number of hydrogen-bond donors (Lipinski definition) is 2. The van der Waals surface area contributed by atoms with Gasteiger partial charge in [0.05, 0.1) is 17.8 Å². The van der Waals surface area contributed by atoms with Gasteiger partial charge in [0.2, 0.25) is 5.91 Å². The van der Waals surface area contributed by atoms with Crippen LogP contribution in [0.25, 0.3) is 17.0 Å². The topological polar surface area (TPSA) is 106 Å². The lowest BCUT2D eigenvalue weighted by atomic mass is 9.95. The summed E-state index contributed by atoms with van der Waals surface area (Å²) in [5, 5.41) is 6.77. The summed E-state index contributed by atoms with van der Waals surface area (Å²) < 4.78 is 1.49. The van der Waals surface area contributed by atoms with Gasteiger partial charge < -0.3 is 15.2 Å². The van der Waals surface area contributed by atoms with Gasteiger partial charge in [-0.2, -0.15) is 0 Å². The number of anilines is 1. The van der Waals surface area contributed by atoms with E-state index in [4.69, 9.17) is 4.98 Å². The van der Waals surface area contributed by atoms with Crippen LogP contribution in [0.1, 0.15) is 38.7 Å². The Labute approximate surface area is 230 Å². The molecule has 0 saturated carbocycles. The van der Waals surface area contributed by atoms with E-state index in [0.29, 0.717) is 12.2 Å². The van der Waals surface area contributed by atoms with Crippen LogP contribution in [0.15, 0.2) is 108 Å². The van der Waals surface area contributed by atoms with Crippen molar-refractivity contribution >= 4 is 34.5 Å². The highest BCUT2D eigenvalue weighted by atomic mass is 16.2. The fourth-order valence-corrected chi connectivity index (χ4v) is 4.88. The number of nitrogens with zero attached hydrogens (tertiary/aromatic N) is 3. The Balaban J connectivity index is 1.11. The predicted molar refractivity (Wildman–Crippen MR) is 154 cm³/mol. The summed E-state index contributed by atoms with van der Waals surface area (Å²) in [6.45, 7) is 0.573. The molecule has 6 rings (SSSR count). The second-order valence-corrected chi connectivity index (χ2v) is 9.53. The van der Waals surface area contributed by atoms with Crippen LogP contribution >= 0.6 is 0 Å². The van der Waals surface area contributed by atoms with Crippen LogP contribution in [0.4, 0.5) is 5.69 Å². The molecule has 2 N–H and O–H groups in total. The first kappa shape index (κ1) is 24.9. The molecule has 2 aromatic carbocycles. The highest BCUT2D eigenvalue weighted by molar-refractivity contribution is 6.05. The van der Waals surface area contributed by atoms with Crippen molar-refractivity contribution in [1.29, 1.82) is 0 Å². The molecule has 196 valence electrons. The number of carbonyl (C=O) groups excluding carboxylic acids is 2. The predicted octanol–water partition coefficient (Wildman–Crippen LogP) is 4.37. The summed E-state index contributed by atoms with van der Waals surface area (Å²) in [7, 11) is 0. The lowest BCUT2D eigenvalue weighted by Crippen LogP contribution is -2.33. The van der Waals surface area contributed by atoms with Crippen LogP contribution in [0, 0.1) is 0 Å². The van der Waals surface area contributed by atoms with Crippen LogP contribution in [0.3, 0.4) is 0 Å². The minimum Gasteiger partial charge on any atom is -0.348 e. The molecule has 3 aromatic heterocycles. The van der Waals surface area contributed by atoms with Crippen molar-refractivity contribution in [3.05, 3.63) is 142 Å². The Hall–Kier alpha value is -5.37. The minimum atomic E-state index is -0.468. The molecule has 0 aliphatic carbocycles. The molecule has 0 spiro atoms. The molecule has 0 radical (unpaired) electrons. The quantitative estimate of drug-likeness (QED) is 0.327. The first-order chi connectivity index (χ1) is 19.6. The Bertz CT molecular complexity index is 1830. The van der Waals surface area contributed by atoms with Gasteiger partial charge in [-0.05, 0) is 53.1 Å². The fraction of sp³-hybridized carbons (Fsp3) is 0.0938. The second kappa shape index (κ2) is 10.8. The molecular formula is C32H25N5O3. The van der Waals surface area contributed by atoms with Gasteiger partial charge >= 0.3 is 0 Å². The Morgan fingerprint density at radius 1 is 1.00 bits per heavy atom. The minimum absolute atomic E-state index is 0.0772. The largest absolute Gasteiger partial charge is 0.348 e. The SMILES string of the molecule is O=C(NCC=Cc1ccc2c(c1)NC(=O)C2c1ccc2ccccc2n1)c1cccn(Cc2cccnc2)c1=O. The fourth-order valence-electron chi connectivity index (χ4n) is 4.88. The van der Waals surface area contributed by atoms with Gasteiger partial charge in [-0.15, -0.1) is 0 Å². The molecule has 40 heavy (non-hydrogen) atoms. The molecule has 1 unspecified atom stereocenters. The van der Waals surface area contributed by atoms with E-state index in [1.165, 1.54) is 10.6 Å². The highest BCUT2D eigenvalue weighted by Gasteiger charge is 2.33. The molecule has 1 atom stereocenters. The van der Waals surface area contributed by atoms with Gasteiger partial charge in [0.25, 0.3) is 11.5 Å². The molecule has 2 amide bonds. The van der Waals surface area contributed by atoms with Crippen molar-refractivity contribution in [3.8, 4) is 0 Å². The average molecular weight is 528 g/mol. The van der Waals surface area contributed by atoms with Crippen molar-refractivity contribution < 1.29 is 9.59 Å². The van der Waals surface area contributed by atoms with Crippen LogP contribution in [-0.4, -0.2) is 32.9 Å². The average Bonchev–Trinajstić information content (AvgIpc) is 3.31. The Morgan fingerprint density at radius 3 is 2.77 bits per heavy atom. The zero-order valence-electron chi connectivity index (χ0n) is 21.5. The normalized spacial score (nSPS) is 14.3. The molecular weight excluding hydrogens is 502 g/mol. The third kappa shape index (κ3) is 5.02. The zero-order valence-corrected chi connectivity index (χ0v) is 21.5. The number of aromatic nitrogens is 3. The van der Waals surface area contributed by atoms with Gasteiger partial charge in [0.15, 0.2) is 0 Å². The molecule has 8 nitrogen and oxygen atoms in total. The van der Waals surface area contributed by atoms with Crippen LogP contribution in [0.2, 0.25) is 0 Å². The third-order valence-corrected chi connectivity index (χ3v) is 6.86. The number of hydrogen-bond acceptors (Lipinski definition) is 5. The maximum atomic E-state index is 12.9. The first-order valence-corrected chi connectivity index (χ1v) is 12.9. The third-order valence-electron chi connectivity index (χ3n) is 6.86. The number of pyridine rings is 3. The molecule has 0 fully saturated rings. The number of rotatable bonds is 7. The van der Waals surface area contributed by atoms with Gasteiger partial charge in [-0.3, -0.25) is 24.4 Å². The smallest absolute Gasteiger partial charge is 0.263 e. The van der Waals surface area contributed by atoms with Crippen molar-refractivity contribution in [1.82, 2.24) is 19.9 Å². The van der Waals surface area contributed by atoms with E-state index in [1.807, 2.05) is 66.7 Å². The van der Waals surface area contributed by atoms with Gasteiger partial charge in [-0.25, -0.2) is 0 Å². The number of para-hydroxylation sites is 1. The molecule has 1 aliphatic heterocycles. The summed E-state index contributed by atoms with van der Waals surface area (Å²) in [6, 6.07) is 24.4. The molecule has 5 aromatic rings. The molecule has 4 heterocycles. The van der Waals surface area contributed by atoms with Gasteiger partial charge in [0.1, 0.15) is 11.5 Å². The molecule has 8 heteroatoms. The number of nitrogens with one attached hydrogen (secondary N) is 2. The number of amides is 2.